The molecule has 6 heteroatoms. The standard InChI is InChI=1S/C10H15N3O3/c1-6-4-13-9(16-5-6)7(3-12-13)2-8(11)10(14)15/h3,6,8H,2,4-5,11H2,1H3,(H,14,15)/t6-,8+/m0/s1. The van der Waals surface area contributed by atoms with Gasteiger partial charge in [-0.2, -0.15) is 5.10 Å². The van der Waals surface area contributed by atoms with Gasteiger partial charge in [-0.25, -0.2) is 4.68 Å². The third-order valence-electron chi connectivity index (χ3n) is 2.61. The highest BCUT2D eigenvalue weighted by atomic mass is 16.5. The highest BCUT2D eigenvalue weighted by Crippen LogP contribution is 2.25. The Kier molecular flexibility index (Phi) is 2.82. The van der Waals surface area contributed by atoms with Crippen LogP contribution in [0.4, 0.5) is 0 Å². The minimum Gasteiger partial charge on any atom is -0.480 e. The number of aromatic nitrogens is 2. The molecule has 16 heavy (non-hydrogen) atoms. The van der Waals surface area contributed by atoms with Crippen molar-refractivity contribution < 1.29 is 14.6 Å². The van der Waals surface area contributed by atoms with Crippen LogP contribution in [0, 0.1) is 5.92 Å². The monoisotopic (exact) mass is 225 g/mol. The molecule has 2 heterocycles. The molecule has 0 radical (unpaired) electrons. The number of carboxylic acid groups (broad SMARTS) is 1. The second-order valence-corrected chi connectivity index (χ2v) is 4.22. The molecule has 2 atom stereocenters. The zero-order chi connectivity index (χ0) is 11.7. The van der Waals surface area contributed by atoms with E-state index in [1.165, 1.54) is 0 Å². The van der Waals surface area contributed by atoms with E-state index >= 15 is 0 Å². The average molecular weight is 225 g/mol. The molecule has 0 spiro atoms. The topological polar surface area (TPSA) is 90.4 Å². The van der Waals surface area contributed by atoms with Crippen molar-refractivity contribution in [2.75, 3.05) is 6.61 Å². The van der Waals surface area contributed by atoms with E-state index in [1.807, 2.05) is 0 Å². The molecule has 1 aromatic heterocycles. The van der Waals surface area contributed by atoms with E-state index in [2.05, 4.69) is 12.0 Å². The lowest BCUT2D eigenvalue weighted by molar-refractivity contribution is -0.138. The fraction of sp³-hybridized carbons (Fsp3) is 0.600. The first-order valence-corrected chi connectivity index (χ1v) is 5.23. The van der Waals surface area contributed by atoms with Gasteiger partial charge < -0.3 is 15.6 Å². The summed E-state index contributed by atoms with van der Waals surface area (Å²) in [5.41, 5.74) is 6.24. The van der Waals surface area contributed by atoms with Crippen LogP contribution in [0.25, 0.3) is 0 Å². The molecule has 0 bridgehead atoms. The molecule has 2 rings (SSSR count). The molecule has 1 aliphatic heterocycles. The van der Waals surface area contributed by atoms with Crippen LogP contribution in [0.3, 0.4) is 0 Å². The molecular formula is C10H15N3O3. The quantitative estimate of drug-likeness (QED) is 0.747. The second kappa shape index (κ2) is 4.13. The Morgan fingerprint density at radius 1 is 1.88 bits per heavy atom. The Morgan fingerprint density at radius 2 is 2.62 bits per heavy atom. The number of carbonyl (C=O) groups is 1. The zero-order valence-electron chi connectivity index (χ0n) is 9.09. The largest absolute Gasteiger partial charge is 0.480 e. The summed E-state index contributed by atoms with van der Waals surface area (Å²) < 4.78 is 7.30. The van der Waals surface area contributed by atoms with E-state index in [0.29, 0.717) is 18.4 Å². The van der Waals surface area contributed by atoms with Crippen molar-refractivity contribution >= 4 is 5.97 Å². The molecule has 0 aliphatic carbocycles. The molecule has 1 aromatic rings. The predicted molar refractivity (Wildman–Crippen MR) is 56.2 cm³/mol. The maximum absolute atomic E-state index is 10.7. The van der Waals surface area contributed by atoms with Gasteiger partial charge in [0.2, 0.25) is 5.88 Å². The van der Waals surface area contributed by atoms with Crippen LogP contribution in [0.15, 0.2) is 6.20 Å². The fourth-order valence-electron chi connectivity index (χ4n) is 1.74. The van der Waals surface area contributed by atoms with E-state index in [-0.39, 0.29) is 6.42 Å². The smallest absolute Gasteiger partial charge is 0.320 e. The first-order valence-electron chi connectivity index (χ1n) is 5.23. The molecule has 0 fully saturated rings. The van der Waals surface area contributed by atoms with Crippen molar-refractivity contribution in [1.29, 1.82) is 0 Å². The Balaban J connectivity index is 2.15. The van der Waals surface area contributed by atoms with Crippen LogP contribution < -0.4 is 10.5 Å². The summed E-state index contributed by atoms with van der Waals surface area (Å²) in [5, 5.41) is 12.9. The summed E-state index contributed by atoms with van der Waals surface area (Å²) >= 11 is 0. The maximum Gasteiger partial charge on any atom is 0.320 e. The first-order chi connectivity index (χ1) is 7.58. The van der Waals surface area contributed by atoms with Gasteiger partial charge in [0.05, 0.1) is 19.3 Å². The Labute approximate surface area is 93.0 Å². The Bertz CT molecular complexity index is 402. The van der Waals surface area contributed by atoms with Crippen LogP contribution >= 0.6 is 0 Å². The summed E-state index contributed by atoms with van der Waals surface area (Å²) in [6.45, 7) is 3.52. The normalized spacial score (nSPS) is 21.0. The SMILES string of the molecule is C[C@@H]1COc2c(C[C@@H](N)C(=O)O)cnn2C1. The number of hydrogen-bond acceptors (Lipinski definition) is 4. The van der Waals surface area contributed by atoms with Crippen LogP contribution in [0.1, 0.15) is 12.5 Å². The Hall–Kier alpha value is -1.56. The van der Waals surface area contributed by atoms with Crippen molar-refractivity contribution in [3.8, 4) is 5.88 Å². The van der Waals surface area contributed by atoms with E-state index in [1.54, 1.807) is 10.9 Å². The zero-order valence-corrected chi connectivity index (χ0v) is 9.09. The number of nitrogens with zero attached hydrogens (tertiary/aromatic N) is 2. The van der Waals surface area contributed by atoms with E-state index in [0.717, 1.165) is 12.1 Å². The number of fused-ring (bicyclic) bond motifs is 1. The lowest BCUT2D eigenvalue weighted by Crippen LogP contribution is -2.32. The molecule has 0 saturated heterocycles. The fourth-order valence-corrected chi connectivity index (χ4v) is 1.74. The summed E-state index contributed by atoms with van der Waals surface area (Å²) in [6.07, 6.45) is 1.88. The molecule has 0 saturated carbocycles. The molecule has 0 unspecified atom stereocenters. The van der Waals surface area contributed by atoms with Crippen molar-refractivity contribution in [2.45, 2.75) is 25.9 Å². The molecule has 1 aliphatic rings. The highest BCUT2D eigenvalue weighted by Gasteiger charge is 2.23. The lowest BCUT2D eigenvalue weighted by atomic mass is 10.1. The minimum atomic E-state index is -1.01. The van der Waals surface area contributed by atoms with Crippen LogP contribution in [0.5, 0.6) is 5.88 Å². The Morgan fingerprint density at radius 3 is 3.31 bits per heavy atom. The number of nitrogens with two attached hydrogens (primary N) is 1. The third kappa shape index (κ3) is 2.01. The van der Waals surface area contributed by atoms with Gasteiger partial charge in [-0.1, -0.05) is 6.92 Å². The molecule has 6 nitrogen and oxygen atoms in total. The minimum absolute atomic E-state index is 0.249. The van der Waals surface area contributed by atoms with Gasteiger partial charge in [-0.3, -0.25) is 4.79 Å². The van der Waals surface area contributed by atoms with Crippen molar-refractivity contribution in [3.05, 3.63) is 11.8 Å². The summed E-state index contributed by atoms with van der Waals surface area (Å²) in [6, 6.07) is -0.906. The number of aliphatic carboxylic acids is 1. The van der Waals surface area contributed by atoms with Gasteiger partial charge in [0.25, 0.3) is 0 Å². The van der Waals surface area contributed by atoms with Crippen molar-refractivity contribution in [2.24, 2.45) is 11.7 Å². The number of ether oxygens (including phenoxy) is 1. The first kappa shape index (κ1) is 10.9. The number of rotatable bonds is 3. The average Bonchev–Trinajstić information content (AvgIpc) is 2.60. The summed E-state index contributed by atoms with van der Waals surface area (Å²) in [7, 11) is 0. The van der Waals surface area contributed by atoms with Gasteiger partial charge in [0.15, 0.2) is 0 Å². The van der Waals surface area contributed by atoms with Crippen molar-refractivity contribution in [1.82, 2.24) is 9.78 Å². The third-order valence-corrected chi connectivity index (χ3v) is 2.61. The molecule has 0 amide bonds. The summed E-state index contributed by atoms with van der Waals surface area (Å²) in [4.78, 5) is 10.7. The van der Waals surface area contributed by atoms with Crippen LogP contribution in [-0.2, 0) is 17.8 Å². The lowest BCUT2D eigenvalue weighted by Gasteiger charge is -2.21. The van der Waals surface area contributed by atoms with E-state index < -0.39 is 12.0 Å². The second-order valence-electron chi connectivity index (χ2n) is 4.22. The van der Waals surface area contributed by atoms with E-state index in [4.69, 9.17) is 15.6 Å². The van der Waals surface area contributed by atoms with Gasteiger partial charge >= 0.3 is 5.97 Å². The highest BCUT2D eigenvalue weighted by molar-refractivity contribution is 5.73. The molecule has 0 aromatic carbocycles. The van der Waals surface area contributed by atoms with Gasteiger partial charge in [-0.15, -0.1) is 0 Å². The predicted octanol–water partition coefficient (Wildman–Crippen LogP) is -0.134. The molecule has 88 valence electrons. The molecule has 3 N–H and O–H groups in total. The maximum atomic E-state index is 10.7. The van der Waals surface area contributed by atoms with Crippen LogP contribution in [-0.4, -0.2) is 33.5 Å². The summed E-state index contributed by atoms with van der Waals surface area (Å²) in [5.74, 6) is 0.0762. The van der Waals surface area contributed by atoms with Gasteiger partial charge in [0, 0.05) is 17.9 Å². The molecular weight excluding hydrogens is 210 g/mol. The number of hydrogen-bond donors (Lipinski definition) is 2. The van der Waals surface area contributed by atoms with Gasteiger partial charge in [0.1, 0.15) is 6.04 Å². The number of carboxylic acids is 1. The van der Waals surface area contributed by atoms with Gasteiger partial charge in [-0.05, 0) is 0 Å². The van der Waals surface area contributed by atoms with Crippen LogP contribution in [0.2, 0.25) is 0 Å². The van der Waals surface area contributed by atoms with Crippen molar-refractivity contribution in [3.63, 3.8) is 0 Å². The van der Waals surface area contributed by atoms with E-state index in [9.17, 15) is 4.79 Å².